The van der Waals surface area contributed by atoms with E-state index in [0.29, 0.717) is 10.2 Å². The molecule has 88 valence electrons. The van der Waals surface area contributed by atoms with Gasteiger partial charge in [-0.05, 0) is 21.1 Å². The van der Waals surface area contributed by atoms with Crippen LogP contribution in [-0.4, -0.2) is 22.8 Å². The van der Waals surface area contributed by atoms with E-state index in [2.05, 4.69) is 21.1 Å². The standard InChI is InChI=1S/C11H8BrNO4/c12-9-10(7-4-2-1-3-5-7)17-13-11(9)16-6-8(14)15/h1-5H,6H2,(H,14,15). The van der Waals surface area contributed by atoms with Crippen LogP contribution >= 0.6 is 15.9 Å². The molecule has 0 amide bonds. The van der Waals surface area contributed by atoms with Gasteiger partial charge in [0, 0.05) is 5.56 Å². The molecule has 0 bridgehead atoms. The zero-order valence-corrected chi connectivity index (χ0v) is 10.2. The molecular formula is C11H8BrNO4. The van der Waals surface area contributed by atoms with Gasteiger partial charge >= 0.3 is 5.97 Å². The zero-order chi connectivity index (χ0) is 12.3. The summed E-state index contributed by atoms with van der Waals surface area (Å²) in [5, 5.41) is 12.1. The summed E-state index contributed by atoms with van der Waals surface area (Å²) in [6.07, 6.45) is 0. The van der Waals surface area contributed by atoms with Gasteiger partial charge in [0.2, 0.25) is 0 Å². The van der Waals surface area contributed by atoms with Crippen LogP contribution in [0.3, 0.4) is 0 Å². The van der Waals surface area contributed by atoms with Crippen molar-refractivity contribution in [1.29, 1.82) is 0 Å². The molecule has 0 unspecified atom stereocenters. The molecule has 1 aromatic carbocycles. The summed E-state index contributed by atoms with van der Waals surface area (Å²) in [5.74, 6) is -0.432. The van der Waals surface area contributed by atoms with Crippen molar-refractivity contribution < 1.29 is 19.2 Å². The summed E-state index contributed by atoms with van der Waals surface area (Å²) in [5.41, 5.74) is 0.831. The summed E-state index contributed by atoms with van der Waals surface area (Å²) >= 11 is 3.26. The van der Waals surface area contributed by atoms with Gasteiger partial charge in [-0.25, -0.2) is 4.79 Å². The summed E-state index contributed by atoms with van der Waals surface area (Å²) in [6, 6.07) is 9.32. The fourth-order valence-corrected chi connectivity index (χ4v) is 1.74. The van der Waals surface area contributed by atoms with Crippen LogP contribution in [0.2, 0.25) is 0 Å². The predicted octanol–water partition coefficient (Wildman–Crippen LogP) is 2.57. The largest absolute Gasteiger partial charge is 0.479 e. The van der Waals surface area contributed by atoms with E-state index < -0.39 is 12.6 Å². The smallest absolute Gasteiger partial charge is 0.341 e. The van der Waals surface area contributed by atoms with E-state index in [9.17, 15) is 4.79 Å². The van der Waals surface area contributed by atoms with Crippen LogP contribution < -0.4 is 4.74 Å². The molecule has 0 radical (unpaired) electrons. The van der Waals surface area contributed by atoms with E-state index in [0.717, 1.165) is 5.56 Å². The number of ether oxygens (including phenoxy) is 1. The summed E-state index contributed by atoms with van der Waals surface area (Å²) in [6.45, 7) is -0.459. The lowest BCUT2D eigenvalue weighted by atomic mass is 10.2. The first-order valence-electron chi connectivity index (χ1n) is 4.73. The minimum absolute atomic E-state index is 0.131. The van der Waals surface area contributed by atoms with Gasteiger partial charge in [0.25, 0.3) is 5.88 Å². The Bertz CT molecular complexity index is 524. The molecule has 1 N–H and O–H groups in total. The number of carboxylic acid groups (broad SMARTS) is 1. The van der Waals surface area contributed by atoms with Crippen molar-refractivity contribution in [3.05, 3.63) is 34.8 Å². The van der Waals surface area contributed by atoms with Crippen molar-refractivity contribution in [2.45, 2.75) is 0 Å². The number of aromatic nitrogens is 1. The lowest BCUT2D eigenvalue weighted by Gasteiger charge is -1.98. The summed E-state index contributed by atoms with van der Waals surface area (Å²) < 4.78 is 10.6. The lowest BCUT2D eigenvalue weighted by molar-refractivity contribution is -0.139. The van der Waals surface area contributed by atoms with Crippen molar-refractivity contribution in [1.82, 2.24) is 5.16 Å². The third kappa shape index (κ3) is 2.65. The first-order chi connectivity index (χ1) is 8.18. The van der Waals surface area contributed by atoms with Crippen LogP contribution in [0.1, 0.15) is 0 Å². The molecule has 0 aliphatic carbocycles. The Morgan fingerprint density at radius 1 is 1.41 bits per heavy atom. The molecule has 1 heterocycles. The highest BCUT2D eigenvalue weighted by Gasteiger charge is 2.17. The molecule has 17 heavy (non-hydrogen) atoms. The highest BCUT2D eigenvalue weighted by Crippen LogP contribution is 2.35. The molecule has 2 aromatic rings. The average Bonchev–Trinajstić information content (AvgIpc) is 2.69. The Morgan fingerprint density at radius 2 is 2.12 bits per heavy atom. The first-order valence-corrected chi connectivity index (χ1v) is 5.53. The number of hydrogen-bond donors (Lipinski definition) is 1. The second-order valence-electron chi connectivity index (χ2n) is 3.18. The van der Waals surface area contributed by atoms with Crippen LogP contribution in [-0.2, 0) is 4.79 Å². The number of carboxylic acids is 1. The van der Waals surface area contributed by atoms with Gasteiger partial charge in [-0.2, -0.15) is 0 Å². The average molecular weight is 298 g/mol. The summed E-state index contributed by atoms with van der Waals surface area (Å²) in [4.78, 5) is 10.4. The topological polar surface area (TPSA) is 72.6 Å². The third-order valence-electron chi connectivity index (χ3n) is 1.98. The Labute approximate surface area is 105 Å². The van der Waals surface area contributed by atoms with E-state index in [1.807, 2.05) is 30.3 Å². The SMILES string of the molecule is O=C(O)COc1noc(-c2ccccc2)c1Br. The fraction of sp³-hybridized carbons (Fsp3) is 0.0909. The third-order valence-corrected chi connectivity index (χ3v) is 2.67. The van der Waals surface area contributed by atoms with E-state index >= 15 is 0 Å². The zero-order valence-electron chi connectivity index (χ0n) is 8.59. The Morgan fingerprint density at radius 3 is 2.76 bits per heavy atom. The predicted molar refractivity (Wildman–Crippen MR) is 62.8 cm³/mol. The van der Waals surface area contributed by atoms with E-state index in [1.165, 1.54) is 0 Å². The molecule has 0 spiro atoms. The molecule has 0 atom stereocenters. The van der Waals surface area contributed by atoms with Crippen LogP contribution in [0, 0.1) is 0 Å². The second-order valence-corrected chi connectivity index (χ2v) is 3.97. The number of aliphatic carboxylic acids is 1. The minimum atomic E-state index is -1.07. The molecule has 1 aromatic heterocycles. The number of hydrogen-bond acceptors (Lipinski definition) is 4. The van der Waals surface area contributed by atoms with Gasteiger partial charge in [0.05, 0.1) is 0 Å². The fourth-order valence-electron chi connectivity index (χ4n) is 1.25. The van der Waals surface area contributed by atoms with E-state index in [-0.39, 0.29) is 5.88 Å². The van der Waals surface area contributed by atoms with Gasteiger partial charge in [-0.1, -0.05) is 30.3 Å². The molecule has 6 heteroatoms. The van der Waals surface area contributed by atoms with Gasteiger partial charge in [-0.3, -0.25) is 0 Å². The quantitative estimate of drug-likeness (QED) is 0.939. The van der Waals surface area contributed by atoms with Gasteiger partial charge in [0.1, 0.15) is 4.47 Å². The summed E-state index contributed by atoms with van der Waals surface area (Å²) in [7, 11) is 0. The Kier molecular flexibility index (Phi) is 3.43. The maximum atomic E-state index is 10.4. The maximum Gasteiger partial charge on any atom is 0.341 e. The molecule has 0 fully saturated rings. The van der Waals surface area contributed by atoms with Crippen molar-refractivity contribution in [2.24, 2.45) is 0 Å². The molecule has 2 rings (SSSR count). The molecular weight excluding hydrogens is 290 g/mol. The number of halogens is 1. The normalized spacial score (nSPS) is 10.2. The number of carbonyl (C=O) groups is 1. The molecule has 0 saturated carbocycles. The molecule has 0 aliphatic heterocycles. The van der Waals surface area contributed by atoms with Crippen molar-refractivity contribution in [3.8, 4) is 17.2 Å². The van der Waals surface area contributed by atoms with Crippen molar-refractivity contribution in [2.75, 3.05) is 6.61 Å². The van der Waals surface area contributed by atoms with Crippen molar-refractivity contribution >= 4 is 21.9 Å². The minimum Gasteiger partial charge on any atom is -0.479 e. The van der Waals surface area contributed by atoms with Crippen molar-refractivity contribution in [3.63, 3.8) is 0 Å². The monoisotopic (exact) mass is 297 g/mol. The van der Waals surface area contributed by atoms with Gasteiger partial charge in [0.15, 0.2) is 12.4 Å². The second kappa shape index (κ2) is 5.01. The number of rotatable bonds is 4. The lowest BCUT2D eigenvalue weighted by Crippen LogP contribution is -2.09. The first kappa shape index (κ1) is 11.7. The van der Waals surface area contributed by atoms with Crippen LogP contribution in [0.25, 0.3) is 11.3 Å². The van der Waals surface area contributed by atoms with Crippen LogP contribution in [0.5, 0.6) is 5.88 Å². The Balaban J connectivity index is 2.24. The van der Waals surface area contributed by atoms with Crippen LogP contribution in [0.4, 0.5) is 0 Å². The molecule has 5 nitrogen and oxygen atoms in total. The number of benzene rings is 1. The van der Waals surface area contributed by atoms with Crippen LogP contribution in [0.15, 0.2) is 39.3 Å². The Hall–Kier alpha value is -1.82. The highest BCUT2D eigenvalue weighted by atomic mass is 79.9. The molecule has 0 saturated heterocycles. The van der Waals surface area contributed by atoms with Gasteiger partial charge < -0.3 is 14.4 Å². The highest BCUT2D eigenvalue weighted by molar-refractivity contribution is 9.10. The maximum absolute atomic E-state index is 10.4. The number of nitrogens with zero attached hydrogens (tertiary/aromatic N) is 1. The molecule has 0 aliphatic rings. The van der Waals surface area contributed by atoms with Gasteiger partial charge in [-0.15, -0.1) is 0 Å². The van der Waals surface area contributed by atoms with E-state index in [4.69, 9.17) is 14.4 Å². The van der Waals surface area contributed by atoms with E-state index in [1.54, 1.807) is 0 Å².